The summed E-state index contributed by atoms with van der Waals surface area (Å²) in [4.78, 5) is 13.8. The van der Waals surface area contributed by atoms with E-state index in [2.05, 4.69) is 5.32 Å². The molecule has 1 rings (SSSR count). The lowest BCUT2D eigenvalue weighted by Gasteiger charge is -2.17. The van der Waals surface area contributed by atoms with E-state index in [4.69, 9.17) is 4.74 Å². The molecule has 0 aromatic heterocycles. The fourth-order valence-electron chi connectivity index (χ4n) is 1.71. The first-order chi connectivity index (χ1) is 9.02. The second-order valence-corrected chi connectivity index (χ2v) is 4.91. The molecule has 0 aliphatic carbocycles. The van der Waals surface area contributed by atoms with Gasteiger partial charge in [-0.2, -0.15) is 0 Å². The lowest BCUT2D eigenvalue weighted by Crippen LogP contribution is -2.33. The number of hydrogen-bond donors (Lipinski definition) is 1. The van der Waals surface area contributed by atoms with Crippen LogP contribution in [0.1, 0.15) is 19.4 Å². The van der Waals surface area contributed by atoms with Crippen LogP contribution in [-0.2, 0) is 11.2 Å². The molecular formula is C15H24N2O2. The molecule has 1 N–H and O–H groups in total. The number of nitrogens with zero attached hydrogens (tertiary/aromatic N) is 1. The van der Waals surface area contributed by atoms with Gasteiger partial charge in [-0.25, -0.2) is 0 Å². The van der Waals surface area contributed by atoms with E-state index >= 15 is 0 Å². The third kappa shape index (κ3) is 5.75. The smallest absolute Gasteiger partial charge is 0.226 e. The highest BCUT2D eigenvalue weighted by atomic mass is 16.5. The van der Waals surface area contributed by atoms with E-state index in [0.29, 0.717) is 6.42 Å². The Balaban J connectivity index is 2.58. The Kier molecular flexibility index (Phi) is 6.36. The van der Waals surface area contributed by atoms with Gasteiger partial charge in [-0.05, 0) is 38.6 Å². The molecule has 0 aliphatic heterocycles. The third-order valence-electron chi connectivity index (χ3n) is 2.75. The Morgan fingerprint density at radius 2 is 2.16 bits per heavy atom. The predicted molar refractivity (Wildman–Crippen MR) is 77.5 cm³/mol. The van der Waals surface area contributed by atoms with E-state index in [1.165, 1.54) is 0 Å². The van der Waals surface area contributed by atoms with Crippen LogP contribution in [-0.4, -0.2) is 44.1 Å². The summed E-state index contributed by atoms with van der Waals surface area (Å²) >= 11 is 0. The van der Waals surface area contributed by atoms with Crippen molar-refractivity contribution in [1.82, 2.24) is 10.2 Å². The molecule has 0 aliphatic rings. The highest BCUT2D eigenvalue weighted by molar-refractivity contribution is 5.78. The summed E-state index contributed by atoms with van der Waals surface area (Å²) in [5, 5.41) is 3.03. The molecule has 0 atom stereocenters. The van der Waals surface area contributed by atoms with Crippen molar-refractivity contribution in [3.8, 4) is 5.75 Å². The maximum Gasteiger partial charge on any atom is 0.226 e. The molecule has 0 radical (unpaired) electrons. The minimum absolute atomic E-state index is 0.122. The van der Waals surface area contributed by atoms with Crippen molar-refractivity contribution in [3.05, 3.63) is 29.8 Å². The Labute approximate surface area is 115 Å². The Morgan fingerprint density at radius 3 is 2.79 bits per heavy atom. The van der Waals surface area contributed by atoms with Gasteiger partial charge in [0.25, 0.3) is 0 Å². The molecule has 0 fully saturated rings. The van der Waals surface area contributed by atoms with Crippen LogP contribution in [0.4, 0.5) is 0 Å². The van der Waals surface area contributed by atoms with Crippen LogP contribution in [0.25, 0.3) is 0 Å². The normalized spacial score (nSPS) is 10.6. The largest absolute Gasteiger partial charge is 0.491 e. The third-order valence-corrected chi connectivity index (χ3v) is 2.75. The summed E-state index contributed by atoms with van der Waals surface area (Å²) in [6.07, 6.45) is 0.555. The number of amides is 1. The summed E-state index contributed by atoms with van der Waals surface area (Å²) in [5.41, 5.74) is 0.986. The lowest BCUT2D eigenvalue weighted by molar-refractivity contribution is -0.129. The molecule has 0 heterocycles. The van der Waals surface area contributed by atoms with E-state index in [1.54, 1.807) is 4.90 Å². The molecule has 106 valence electrons. The van der Waals surface area contributed by atoms with Crippen LogP contribution in [0, 0.1) is 0 Å². The molecule has 0 saturated carbocycles. The molecule has 1 aromatic rings. The number of likely N-dealkylation sites (N-methyl/N-ethyl adjacent to an activating group) is 2. The van der Waals surface area contributed by atoms with Gasteiger partial charge in [-0.15, -0.1) is 0 Å². The molecule has 19 heavy (non-hydrogen) atoms. The van der Waals surface area contributed by atoms with Gasteiger partial charge in [0.05, 0.1) is 12.5 Å². The topological polar surface area (TPSA) is 41.6 Å². The summed E-state index contributed by atoms with van der Waals surface area (Å²) in [5.74, 6) is 0.940. The van der Waals surface area contributed by atoms with Crippen LogP contribution < -0.4 is 10.1 Å². The first-order valence-electron chi connectivity index (χ1n) is 6.67. The number of carbonyl (C=O) groups is 1. The molecular weight excluding hydrogens is 240 g/mol. The zero-order chi connectivity index (χ0) is 14.3. The summed E-state index contributed by atoms with van der Waals surface area (Å²) in [6, 6.07) is 7.73. The second kappa shape index (κ2) is 7.79. The van der Waals surface area contributed by atoms with Gasteiger partial charge in [0.2, 0.25) is 5.91 Å². The number of benzene rings is 1. The number of rotatable bonds is 7. The van der Waals surface area contributed by atoms with Gasteiger partial charge >= 0.3 is 0 Å². The lowest BCUT2D eigenvalue weighted by atomic mass is 10.1. The average Bonchev–Trinajstić information content (AvgIpc) is 2.35. The zero-order valence-corrected chi connectivity index (χ0v) is 12.3. The number of nitrogens with one attached hydrogen (secondary N) is 1. The number of carbonyl (C=O) groups excluding carboxylic acids is 1. The maximum atomic E-state index is 12.0. The Hall–Kier alpha value is -1.55. The minimum Gasteiger partial charge on any atom is -0.491 e. The molecule has 4 heteroatoms. The fourth-order valence-corrected chi connectivity index (χ4v) is 1.71. The van der Waals surface area contributed by atoms with Crippen molar-refractivity contribution in [3.63, 3.8) is 0 Å². The molecule has 0 spiro atoms. The fraction of sp³-hybridized carbons (Fsp3) is 0.533. The molecule has 0 bridgehead atoms. The summed E-state index contributed by atoms with van der Waals surface area (Å²) in [6.45, 7) is 5.50. The van der Waals surface area contributed by atoms with Crippen LogP contribution in [0.2, 0.25) is 0 Å². The number of ether oxygens (including phenoxy) is 1. The Bertz CT molecular complexity index is 405. The van der Waals surface area contributed by atoms with Crippen molar-refractivity contribution >= 4 is 5.91 Å². The van der Waals surface area contributed by atoms with E-state index in [0.717, 1.165) is 24.4 Å². The van der Waals surface area contributed by atoms with Crippen molar-refractivity contribution in [1.29, 1.82) is 0 Å². The van der Waals surface area contributed by atoms with E-state index < -0.39 is 0 Å². The van der Waals surface area contributed by atoms with Crippen LogP contribution in [0.5, 0.6) is 5.75 Å². The van der Waals surface area contributed by atoms with Gasteiger partial charge < -0.3 is 15.0 Å². The van der Waals surface area contributed by atoms with Gasteiger partial charge in [0.15, 0.2) is 0 Å². The minimum atomic E-state index is 0.122. The SMILES string of the molecule is CNCCN(C)C(=O)Cc1cccc(OC(C)C)c1. The Morgan fingerprint density at radius 1 is 1.42 bits per heavy atom. The van der Waals surface area contributed by atoms with Crippen molar-refractivity contribution < 1.29 is 9.53 Å². The zero-order valence-electron chi connectivity index (χ0n) is 12.3. The monoisotopic (exact) mass is 264 g/mol. The standard InChI is InChI=1S/C15H24N2O2/c1-12(2)19-14-7-5-6-13(10-14)11-15(18)17(4)9-8-16-3/h5-7,10,12,16H,8-9,11H2,1-4H3. The predicted octanol–water partition coefficient (Wildman–Crippen LogP) is 1.69. The van der Waals surface area contributed by atoms with Crippen molar-refractivity contribution in [2.45, 2.75) is 26.4 Å². The van der Waals surface area contributed by atoms with Crippen LogP contribution >= 0.6 is 0 Å². The first kappa shape index (κ1) is 15.5. The highest BCUT2D eigenvalue weighted by Gasteiger charge is 2.09. The van der Waals surface area contributed by atoms with Gasteiger partial charge in [0.1, 0.15) is 5.75 Å². The molecule has 1 amide bonds. The molecule has 0 unspecified atom stereocenters. The van der Waals surface area contributed by atoms with Gasteiger partial charge in [-0.1, -0.05) is 12.1 Å². The van der Waals surface area contributed by atoms with Gasteiger partial charge in [0, 0.05) is 20.1 Å². The van der Waals surface area contributed by atoms with Gasteiger partial charge in [-0.3, -0.25) is 4.79 Å². The number of hydrogen-bond acceptors (Lipinski definition) is 3. The van der Waals surface area contributed by atoms with E-state index in [-0.39, 0.29) is 12.0 Å². The summed E-state index contributed by atoms with van der Waals surface area (Å²) < 4.78 is 5.63. The molecule has 1 aromatic carbocycles. The van der Waals surface area contributed by atoms with E-state index in [9.17, 15) is 4.79 Å². The molecule has 0 saturated heterocycles. The van der Waals surface area contributed by atoms with Crippen LogP contribution in [0.15, 0.2) is 24.3 Å². The van der Waals surface area contributed by atoms with Crippen molar-refractivity contribution in [2.24, 2.45) is 0 Å². The maximum absolute atomic E-state index is 12.0. The van der Waals surface area contributed by atoms with Crippen molar-refractivity contribution in [2.75, 3.05) is 27.2 Å². The average molecular weight is 264 g/mol. The summed E-state index contributed by atoms with van der Waals surface area (Å²) in [7, 11) is 3.71. The molecule has 4 nitrogen and oxygen atoms in total. The highest BCUT2D eigenvalue weighted by Crippen LogP contribution is 2.15. The van der Waals surface area contributed by atoms with Crippen LogP contribution in [0.3, 0.4) is 0 Å². The van der Waals surface area contributed by atoms with E-state index in [1.807, 2.05) is 52.2 Å². The second-order valence-electron chi connectivity index (χ2n) is 4.91. The first-order valence-corrected chi connectivity index (χ1v) is 6.67. The quantitative estimate of drug-likeness (QED) is 0.815.